The molecule has 4 rings (SSSR count). The van der Waals surface area contributed by atoms with Gasteiger partial charge >= 0.3 is 0 Å². The van der Waals surface area contributed by atoms with Crippen molar-refractivity contribution < 1.29 is 24.2 Å². The number of ketones is 1. The number of hydrogen-bond acceptors (Lipinski definition) is 6. The molecule has 0 aromatic carbocycles. The summed E-state index contributed by atoms with van der Waals surface area (Å²) in [5.74, 6) is -0.271. The fourth-order valence-electron chi connectivity index (χ4n) is 4.49. The van der Waals surface area contributed by atoms with Crippen LogP contribution in [0.5, 0.6) is 0 Å². The maximum Gasteiger partial charge on any atom is 0.254 e. The summed E-state index contributed by atoms with van der Waals surface area (Å²) >= 11 is 1.31. The highest BCUT2D eigenvalue weighted by atomic mass is 32.1. The fourth-order valence-corrected chi connectivity index (χ4v) is 5.27. The summed E-state index contributed by atoms with van der Waals surface area (Å²) < 4.78 is 11.2. The molecule has 3 aliphatic rings. The lowest BCUT2D eigenvalue weighted by Crippen LogP contribution is -2.68. The molecule has 4 heterocycles. The largest absolute Gasteiger partial charge is 0.389 e. The normalized spacial score (nSPS) is 35.0. The summed E-state index contributed by atoms with van der Waals surface area (Å²) in [7, 11) is 0. The van der Waals surface area contributed by atoms with Crippen molar-refractivity contribution in [3.05, 3.63) is 21.9 Å². The average Bonchev–Trinajstić information content (AvgIpc) is 3.11. The summed E-state index contributed by atoms with van der Waals surface area (Å²) in [4.78, 5) is 27.1. The third-order valence-corrected chi connectivity index (χ3v) is 6.94. The Balaban J connectivity index is 1.64. The number of amides is 1. The Hall–Kier alpha value is -1.28. The minimum atomic E-state index is -0.820. The van der Waals surface area contributed by atoms with E-state index in [1.165, 1.54) is 18.3 Å². The van der Waals surface area contributed by atoms with E-state index in [4.69, 9.17) is 9.47 Å². The molecule has 6 nitrogen and oxygen atoms in total. The van der Waals surface area contributed by atoms with Gasteiger partial charge in [-0.05, 0) is 19.4 Å². The van der Waals surface area contributed by atoms with Gasteiger partial charge in [-0.1, -0.05) is 0 Å². The van der Waals surface area contributed by atoms with Crippen molar-refractivity contribution in [2.75, 3.05) is 33.0 Å². The van der Waals surface area contributed by atoms with Crippen LogP contribution < -0.4 is 0 Å². The molecule has 25 heavy (non-hydrogen) atoms. The minimum Gasteiger partial charge on any atom is -0.389 e. The first-order chi connectivity index (χ1) is 12.0. The molecule has 1 aromatic rings. The van der Waals surface area contributed by atoms with E-state index in [1.54, 1.807) is 11.4 Å². The van der Waals surface area contributed by atoms with Gasteiger partial charge in [0.15, 0.2) is 5.78 Å². The Kier molecular flexibility index (Phi) is 4.43. The Morgan fingerprint density at radius 3 is 2.88 bits per heavy atom. The lowest BCUT2D eigenvalue weighted by atomic mass is 9.66. The molecule has 1 N–H and O–H groups in total. The molecule has 7 heteroatoms. The van der Waals surface area contributed by atoms with Crippen LogP contribution in [0.2, 0.25) is 0 Å². The van der Waals surface area contributed by atoms with Gasteiger partial charge in [-0.15, -0.1) is 11.3 Å². The fraction of sp³-hybridized carbons (Fsp3) is 0.667. The number of nitrogens with zero attached hydrogens (tertiary/aromatic N) is 1. The number of Topliss-reactive ketones (excluding diaryl/α,β-unsaturated/α-hetero) is 1. The first-order valence-electron chi connectivity index (χ1n) is 8.79. The smallest absolute Gasteiger partial charge is 0.254 e. The van der Waals surface area contributed by atoms with Crippen LogP contribution >= 0.6 is 11.3 Å². The molecule has 0 saturated carbocycles. The van der Waals surface area contributed by atoms with Crippen LogP contribution in [0.4, 0.5) is 0 Å². The third kappa shape index (κ3) is 2.83. The molecule has 1 amide bonds. The number of piperidine rings is 1. The third-order valence-electron chi connectivity index (χ3n) is 5.91. The standard InChI is InChI=1S/C18H23NO5S/c1-11(20)16-6-12(10-25-16)17(21)19-7-13-8-24-5-3-18(13,22)14-9-23-4-2-15(14)19/h6,10,13-15,22H,2-5,7-9H2,1H3/t13-,14+,15-,18-/m0/s1. The van der Waals surface area contributed by atoms with E-state index >= 15 is 0 Å². The van der Waals surface area contributed by atoms with Crippen LogP contribution in [0.15, 0.2) is 11.4 Å². The predicted molar refractivity (Wildman–Crippen MR) is 91.9 cm³/mol. The van der Waals surface area contributed by atoms with Crippen LogP contribution in [0, 0.1) is 11.8 Å². The topological polar surface area (TPSA) is 76.1 Å². The van der Waals surface area contributed by atoms with E-state index in [1.807, 2.05) is 4.90 Å². The van der Waals surface area contributed by atoms with Gasteiger partial charge in [0.05, 0.1) is 29.3 Å². The number of fused-ring (bicyclic) bond motifs is 3. The van der Waals surface area contributed by atoms with Crippen LogP contribution in [0.1, 0.15) is 39.8 Å². The van der Waals surface area contributed by atoms with E-state index in [2.05, 4.69) is 0 Å². The summed E-state index contributed by atoms with van der Waals surface area (Å²) in [6, 6.07) is 1.66. The first kappa shape index (κ1) is 17.1. The quantitative estimate of drug-likeness (QED) is 0.806. The molecule has 0 bridgehead atoms. The molecule has 0 radical (unpaired) electrons. The molecular weight excluding hydrogens is 342 g/mol. The van der Waals surface area contributed by atoms with Crippen LogP contribution in [0.25, 0.3) is 0 Å². The molecule has 0 aliphatic carbocycles. The van der Waals surface area contributed by atoms with Crippen molar-refractivity contribution in [1.29, 1.82) is 0 Å². The van der Waals surface area contributed by atoms with Crippen LogP contribution in [-0.2, 0) is 9.47 Å². The van der Waals surface area contributed by atoms with Crippen molar-refractivity contribution in [3.8, 4) is 0 Å². The van der Waals surface area contributed by atoms with Gasteiger partial charge in [-0.2, -0.15) is 0 Å². The summed E-state index contributed by atoms with van der Waals surface area (Å²) in [5, 5.41) is 13.0. The van der Waals surface area contributed by atoms with Crippen LogP contribution in [-0.4, -0.2) is 66.3 Å². The Labute approximate surface area is 150 Å². The molecule has 0 unspecified atom stereocenters. The van der Waals surface area contributed by atoms with Gasteiger partial charge in [0.2, 0.25) is 0 Å². The first-order valence-corrected chi connectivity index (χ1v) is 9.67. The van der Waals surface area contributed by atoms with Gasteiger partial charge in [0.1, 0.15) is 0 Å². The summed E-state index contributed by atoms with van der Waals surface area (Å²) in [5.41, 5.74) is -0.262. The zero-order valence-electron chi connectivity index (χ0n) is 14.3. The van der Waals surface area contributed by atoms with Gasteiger partial charge < -0.3 is 19.5 Å². The zero-order valence-corrected chi connectivity index (χ0v) is 15.1. The van der Waals surface area contributed by atoms with Crippen molar-refractivity contribution >= 4 is 23.0 Å². The van der Waals surface area contributed by atoms with Crippen molar-refractivity contribution in [3.63, 3.8) is 0 Å². The molecule has 4 atom stereocenters. The van der Waals surface area contributed by atoms with Gasteiger partial charge in [0, 0.05) is 49.4 Å². The molecule has 1 aromatic heterocycles. The Bertz CT molecular complexity index is 689. The second kappa shape index (κ2) is 6.46. The lowest BCUT2D eigenvalue weighted by Gasteiger charge is -2.57. The van der Waals surface area contributed by atoms with Gasteiger partial charge in [-0.25, -0.2) is 0 Å². The molecule has 3 saturated heterocycles. The predicted octanol–water partition coefficient (Wildman–Crippen LogP) is 1.58. The average molecular weight is 365 g/mol. The number of carbonyl (C=O) groups is 2. The summed E-state index contributed by atoms with van der Waals surface area (Å²) in [6.07, 6.45) is 1.33. The van der Waals surface area contributed by atoms with Crippen molar-refractivity contribution in [2.24, 2.45) is 11.8 Å². The number of rotatable bonds is 2. The SMILES string of the molecule is CC(=O)c1cc(C(=O)N2C[C@H]3COCC[C@@]3(O)[C@@H]3COCC[C@@H]32)cs1. The highest BCUT2D eigenvalue weighted by Gasteiger charge is 2.56. The molecule has 136 valence electrons. The molecule has 3 fully saturated rings. The van der Waals surface area contributed by atoms with E-state index in [0.29, 0.717) is 49.8 Å². The molecule has 3 aliphatic heterocycles. The summed E-state index contributed by atoms with van der Waals surface area (Å²) in [6.45, 7) is 4.09. The highest BCUT2D eigenvalue weighted by Crippen LogP contribution is 2.44. The van der Waals surface area contributed by atoms with E-state index in [-0.39, 0.29) is 29.6 Å². The zero-order chi connectivity index (χ0) is 17.6. The number of carbonyl (C=O) groups excluding carboxylic acids is 2. The number of ether oxygens (including phenoxy) is 2. The second-order valence-corrected chi connectivity index (χ2v) is 8.18. The van der Waals surface area contributed by atoms with Crippen LogP contribution in [0.3, 0.4) is 0 Å². The number of thiophene rings is 1. The van der Waals surface area contributed by atoms with Crippen molar-refractivity contribution in [2.45, 2.75) is 31.4 Å². The second-order valence-electron chi connectivity index (χ2n) is 7.26. The maximum absolute atomic E-state index is 13.1. The lowest BCUT2D eigenvalue weighted by molar-refractivity contribution is -0.212. The molecule has 0 spiro atoms. The van der Waals surface area contributed by atoms with E-state index < -0.39 is 5.60 Å². The number of aliphatic hydroxyl groups is 1. The minimum absolute atomic E-state index is 0.0262. The molecular formula is C18H23NO5S. The van der Waals surface area contributed by atoms with Crippen molar-refractivity contribution in [1.82, 2.24) is 4.90 Å². The van der Waals surface area contributed by atoms with E-state index in [0.717, 1.165) is 6.42 Å². The Morgan fingerprint density at radius 2 is 2.12 bits per heavy atom. The van der Waals surface area contributed by atoms with E-state index in [9.17, 15) is 14.7 Å². The van der Waals surface area contributed by atoms with Gasteiger partial charge in [-0.3, -0.25) is 9.59 Å². The van der Waals surface area contributed by atoms with Gasteiger partial charge in [0.25, 0.3) is 5.91 Å². The Morgan fingerprint density at radius 1 is 1.32 bits per heavy atom. The highest BCUT2D eigenvalue weighted by molar-refractivity contribution is 7.12. The maximum atomic E-state index is 13.1. The number of likely N-dealkylation sites (tertiary alicyclic amines) is 1. The monoisotopic (exact) mass is 365 g/mol. The number of hydrogen-bond donors (Lipinski definition) is 1.